The Bertz CT molecular complexity index is 701. The molecule has 0 radical (unpaired) electrons. The van der Waals surface area contributed by atoms with Crippen LogP contribution in [0.4, 0.5) is 5.69 Å². The quantitative estimate of drug-likeness (QED) is 0.440. The molecule has 1 aromatic heterocycles. The van der Waals surface area contributed by atoms with Gasteiger partial charge in [0.25, 0.3) is 5.69 Å². The van der Waals surface area contributed by atoms with Gasteiger partial charge in [0, 0.05) is 23.6 Å². The zero-order valence-electron chi connectivity index (χ0n) is 14.3. The maximum absolute atomic E-state index is 12.3. The van der Waals surface area contributed by atoms with Gasteiger partial charge in [-0.05, 0) is 45.3 Å². The molecular weight excluding hydrogens is 342 g/mol. The molecule has 134 valence electrons. The number of carbonyl (C=O) groups is 1. The average Bonchev–Trinajstić information content (AvgIpc) is 3.09. The van der Waals surface area contributed by atoms with Gasteiger partial charge in [-0.15, -0.1) is 11.8 Å². The Hall–Kier alpha value is -2.32. The van der Waals surface area contributed by atoms with E-state index in [-0.39, 0.29) is 22.9 Å². The Kier molecular flexibility index (Phi) is 6.60. The van der Waals surface area contributed by atoms with Crippen molar-refractivity contribution in [2.24, 2.45) is 0 Å². The first-order valence-corrected chi connectivity index (χ1v) is 8.65. The van der Waals surface area contributed by atoms with Crippen LogP contribution in [-0.4, -0.2) is 41.6 Å². The van der Waals surface area contributed by atoms with Crippen molar-refractivity contribution in [3.8, 4) is 0 Å². The van der Waals surface area contributed by atoms with Gasteiger partial charge in [-0.3, -0.25) is 19.8 Å². The van der Waals surface area contributed by atoms with Crippen LogP contribution in [0.1, 0.15) is 18.7 Å². The number of amides is 1. The second-order valence-electron chi connectivity index (χ2n) is 5.75. The molecular formula is C17H21N3O4S. The summed E-state index contributed by atoms with van der Waals surface area (Å²) in [5.41, 5.74) is 0.0359. The van der Waals surface area contributed by atoms with Crippen LogP contribution in [-0.2, 0) is 4.79 Å². The Morgan fingerprint density at radius 1 is 1.32 bits per heavy atom. The van der Waals surface area contributed by atoms with Crippen molar-refractivity contribution in [2.45, 2.75) is 23.1 Å². The van der Waals surface area contributed by atoms with Crippen LogP contribution >= 0.6 is 11.8 Å². The summed E-state index contributed by atoms with van der Waals surface area (Å²) in [4.78, 5) is 25.3. The molecule has 0 fully saturated rings. The number of likely N-dealkylation sites (N-methyl/N-ethyl adjacent to an activating group) is 1. The van der Waals surface area contributed by atoms with Gasteiger partial charge in [-0.1, -0.05) is 0 Å². The molecule has 1 aromatic carbocycles. The van der Waals surface area contributed by atoms with E-state index in [2.05, 4.69) is 5.32 Å². The van der Waals surface area contributed by atoms with Crippen LogP contribution in [0, 0.1) is 10.1 Å². The Labute approximate surface area is 150 Å². The normalized spacial score (nSPS) is 13.4. The van der Waals surface area contributed by atoms with Crippen LogP contribution in [0.2, 0.25) is 0 Å². The van der Waals surface area contributed by atoms with E-state index in [1.807, 2.05) is 31.1 Å². The number of benzene rings is 1. The first kappa shape index (κ1) is 19.0. The lowest BCUT2D eigenvalue weighted by molar-refractivity contribution is -0.384. The molecule has 0 aliphatic rings. The van der Waals surface area contributed by atoms with Crippen molar-refractivity contribution < 1.29 is 14.1 Å². The maximum atomic E-state index is 12.3. The Morgan fingerprint density at radius 2 is 2.00 bits per heavy atom. The Balaban J connectivity index is 1.90. The summed E-state index contributed by atoms with van der Waals surface area (Å²) in [5, 5.41) is 13.3. The standard InChI is InChI=1S/C17H21N3O4S/c1-12(25-14-8-6-13(7-9-14)20(22)23)17(21)18-11-15(19(2)3)16-5-4-10-24-16/h4-10,12,15H,11H2,1-3H3,(H,18,21). The van der Waals surface area contributed by atoms with Crippen molar-refractivity contribution in [3.05, 3.63) is 58.5 Å². The smallest absolute Gasteiger partial charge is 0.269 e. The molecule has 1 N–H and O–H groups in total. The minimum absolute atomic E-state index is 0.0359. The zero-order chi connectivity index (χ0) is 18.4. The van der Waals surface area contributed by atoms with E-state index in [0.717, 1.165) is 10.7 Å². The Morgan fingerprint density at radius 3 is 2.52 bits per heavy atom. The fraction of sp³-hybridized carbons (Fsp3) is 0.353. The first-order valence-electron chi connectivity index (χ1n) is 7.77. The monoisotopic (exact) mass is 363 g/mol. The third kappa shape index (κ3) is 5.33. The summed E-state index contributed by atoms with van der Waals surface area (Å²) in [7, 11) is 3.85. The van der Waals surface area contributed by atoms with Gasteiger partial charge in [0.1, 0.15) is 5.76 Å². The van der Waals surface area contributed by atoms with Gasteiger partial charge in [-0.2, -0.15) is 0 Å². The highest BCUT2D eigenvalue weighted by molar-refractivity contribution is 8.00. The van der Waals surface area contributed by atoms with Gasteiger partial charge in [0.15, 0.2) is 0 Å². The predicted molar refractivity (Wildman–Crippen MR) is 96.6 cm³/mol. The lowest BCUT2D eigenvalue weighted by Crippen LogP contribution is -2.37. The SMILES string of the molecule is CC(Sc1ccc([N+](=O)[O-])cc1)C(=O)NCC(c1ccco1)N(C)C. The summed E-state index contributed by atoms with van der Waals surface area (Å²) in [6, 6.07) is 9.83. The fourth-order valence-corrected chi connectivity index (χ4v) is 3.16. The van der Waals surface area contributed by atoms with Crippen LogP contribution in [0.15, 0.2) is 52.0 Å². The number of furan rings is 1. The van der Waals surface area contributed by atoms with Crippen molar-refractivity contribution in [2.75, 3.05) is 20.6 Å². The maximum Gasteiger partial charge on any atom is 0.269 e. The summed E-state index contributed by atoms with van der Waals surface area (Å²) in [6.45, 7) is 2.24. The third-order valence-corrected chi connectivity index (χ3v) is 4.81. The highest BCUT2D eigenvalue weighted by Gasteiger charge is 2.20. The lowest BCUT2D eigenvalue weighted by atomic mass is 10.2. The first-order chi connectivity index (χ1) is 11.9. The summed E-state index contributed by atoms with van der Waals surface area (Å²) in [5.74, 6) is 0.697. The number of nitro benzene ring substituents is 1. The van der Waals surface area contributed by atoms with Crippen LogP contribution in [0.25, 0.3) is 0 Å². The molecule has 0 aliphatic heterocycles. The molecule has 7 nitrogen and oxygen atoms in total. The topological polar surface area (TPSA) is 88.6 Å². The van der Waals surface area contributed by atoms with E-state index in [4.69, 9.17) is 4.42 Å². The number of nitro groups is 1. The molecule has 2 unspecified atom stereocenters. The molecule has 0 bridgehead atoms. The van der Waals surface area contributed by atoms with Crippen LogP contribution < -0.4 is 5.32 Å². The lowest BCUT2D eigenvalue weighted by Gasteiger charge is -2.23. The van der Waals surface area contributed by atoms with E-state index in [1.54, 1.807) is 25.3 Å². The average molecular weight is 363 g/mol. The second-order valence-corrected chi connectivity index (χ2v) is 7.17. The molecule has 2 atom stereocenters. The molecule has 2 rings (SSSR count). The predicted octanol–water partition coefficient (Wildman–Crippen LogP) is 3.09. The molecule has 1 heterocycles. The van der Waals surface area contributed by atoms with E-state index in [9.17, 15) is 14.9 Å². The number of rotatable bonds is 8. The molecule has 8 heteroatoms. The highest BCUT2D eigenvalue weighted by Crippen LogP contribution is 2.25. The number of nitrogens with one attached hydrogen (secondary N) is 1. The van der Waals surface area contributed by atoms with Gasteiger partial charge >= 0.3 is 0 Å². The molecule has 1 amide bonds. The van der Waals surface area contributed by atoms with Gasteiger partial charge in [0.2, 0.25) is 5.91 Å². The third-order valence-electron chi connectivity index (χ3n) is 3.69. The van der Waals surface area contributed by atoms with E-state index < -0.39 is 4.92 Å². The van der Waals surface area contributed by atoms with Crippen LogP contribution in [0.3, 0.4) is 0 Å². The number of non-ortho nitro benzene ring substituents is 1. The minimum atomic E-state index is -0.444. The second kappa shape index (κ2) is 8.68. The minimum Gasteiger partial charge on any atom is -0.468 e. The summed E-state index contributed by atoms with van der Waals surface area (Å²) in [6.07, 6.45) is 1.61. The van der Waals surface area contributed by atoms with Gasteiger partial charge < -0.3 is 9.73 Å². The van der Waals surface area contributed by atoms with Crippen molar-refractivity contribution in [1.29, 1.82) is 0 Å². The number of hydrogen-bond acceptors (Lipinski definition) is 6. The number of thioether (sulfide) groups is 1. The van der Waals surface area contributed by atoms with Crippen molar-refractivity contribution in [1.82, 2.24) is 10.2 Å². The van der Waals surface area contributed by atoms with Gasteiger partial charge in [-0.25, -0.2) is 0 Å². The molecule has 0 spiro atoms. The molecule has 2 aromatic rings. The number of hydrogen-bond donors (Lipinski definition) is 1. The van der Waals surface area contributed by atoms with E-state index >= 15 is 0 Å². The fourth-order valence-electron chi connectivity index (χ4n) is 2.26. The molecule has 25 heavy (non-hydrogen) atoms. The largest absolute Gasteiger partial charge is 0.468 e. The summed E-state index contributed by atoms with van der Waals surface area (Å²) >= 11 is 1.36. The highest BCUT2D eigenvalue weighted by atomic mass is 32.2. The van der Waals surface area contributed by atoms with Crippen LogP contribution in [0.5, 0.6) is 0 Å². The summed E-state index contributed by atoms with van der Waals surface area (Å²) < 4.78 is 5.42. The van der Waals surface area contributed by atoms with Crippen molar-refractivity contribution >= 4 is 23.4 Å². The van der Waals surface area contributed by atoms with Crippen molar-refractivity contribution in [3.63, 3.8) is 0 Å². The van der Waals surface area contributed by atoms with E-state index in [0.29, 0.717) is 6.54 Å². The zero-order valence-corrected chi connectivity index (χ0v) is 15.2. The number of nitrogens with zero attached hydrogens (tertiary/aromatic N) is 2. The molecule has 0 saturated heterocycles. The number of carbonyl (C=O) groups excluding carboxylic acids is 1. The van der Waals surface area contributed by atoms with Gasteiger partial charge in [0.05, 0.1) is 22.5 Å². The molecule has 0 saturated carbocycles. The molecule has 0 aliphatic carbocycles. The van der Waals surface area contributed by atoms with E-state index in [1.165, 1.54) is 23.9 Å².